The fourth-order valence-electron chi connectivity index (χ4n) is 3.61. The zero-order valence-electron chi connectivity index (χ0n) is 19.0. The molecule has 0 aliphatic carbocycles. The zero-order chi connectivity index (χ0) is 22.8. The van der Waals surface area contributed by atoms with Crippen LogP contribution in [-0.4, -0.2) is 33.7 Å². The molecule has 1 amide bonds. The van der Waals surface area contributed by atoms with E-state index in [2.05, 4.69) is 24.4 Å². The van der Waals surface area contributed by atoms with Crippen LogP contribution in [0.4, 0.5) is 5.69 Å². The number of ether oxygens (including phenoxy) is 1. The topological polar surface area (TPSA) is 75.7 Å². The molecule has 2 rings (SSSR count). The van der Waals surface area contributed by atoms with Crippen LogP contribution in [0, 0.1) is 27.7 Å². The van der Waals surface area contributed by atoms with Crippen LogP contribution in [0.15, 0.2) is 30.3 Å². The molecule has 2 aromatic carbocycles. The van der Waals surface area contributed by atoms with Crippen LogP contribution >= 0.6 is 0 Å². The van der Waals surface area contributed by atoms with Gasteiger partial charge in [0.2, 0.25) is 15.9 Å². The minimum Gasteiger partial charge on any atom is -0.495 e. The first-order chi connectivity index (χ1) is 13.9. The van der Waals surface area contributed by atoms with E-state index in [0.717, 1.165) is 32.8 Å². The molecule has 2 aromatic rings. The van der Waals surface area contributed by atoms with Gasteiger partial charge in [0.05, 0.1) is 25.1 Å². The van der Waals surface area contributed by atoms with E-state index in [-0.39, 0.29) is 11.9 Å². The van der Waals surface area contributed by atoms with Crippen molar-refractivity contribution in [3.8, 4) is 5.75 Å². The highest BCUT2D eigenvalue weighted by molar-refractivity contribution is 7.92. The molecule has 7 heteroatoms. The maximum absolute atomic E-state index is 13.1. The number of methoxy groups -OCH3 is 1. The fourth-order valence-corrected chi connectivity index (χ4v) is 4.78. The number of amides is 1. The summed E-state index contributed by atoms with van der Waals surface area (Å²) >= 11 is 0. The molecular weight excluding hydrogens is 400 g/mol. The summed E-state index contributed by atoms with van der Waals surface area (Å²) in [4.78, 5) is 13.1. The lowest BCUT2D eigenvalue weighted by atomic mass is 9.96. The SMILES string of the molecule is COc1ccc(C)cc1N([C@@H](C)C(=O)N[C@H](C)c1cc(C)c(C)cc1C)S(C)(=O)=O. The number of nitrogens with one attached hydrogen (secondary N) is 1. The quantitative estimate of drug-likeness (QED) is 0.719. The van der Waals surface area contributed by atoms with Gasteiger partial charge in [-0.1, -0.05) is 18.2 Å². The van der Waals surface area contributed by atoms with E-state index in [1.165, 1.54) is 12.7 Å². The third kappa shape index (κ3) is 5.14. The third-order valence-corrected chi connectivity index (χ3v) is 6.60. The predicted molar refractivity (Wildman–Crippen MR) is 122 cm³/mol. The predicted octanol–water partition coefficient (Wildman–Crippen LogP) is 3.96. The molecule has 2 atom stereocenters. The molecule has 1 N–H and O–H groups in total. The number of aryl methyl sites for hydroxylation is 4. The van der Waals surface area contributed by atoms with E-state index >= 15 is 0 Å². The van der Waals surface area contributed by atoms with Crippen LogP contribution in [0.25, 0.3) is 0 Å². The van der Waals surface area contributed by atoms with Crippen molar-refractivity contribution in [3.63, 3.8) is 0 Å². The molecule has 0 aliphatic rings. The smallest absolute Gasteiger partial charge is 0.244 e. The van der Waals surface area contributed by atoms with Gasteiger partial charge in [-0.2, -0.15) is 0 Å². The number of nitrogens with zero attached hydrogens (tertiary/aromatic N) is 1. The van der Waals surface area contributed by atoms with Crippen LogP contribution in [0.1, 0.15) is 47.7 Å². The largest absolute Gasteiger partial charge is 0.495 e. The number of rotatable bonds is 7. The molecule has 164 valence electrons. The maximum Gasteiger partial charge on any atom is 0.244 e. The second kappa shape index (κ2) is 9.08. The average molecular weight is 433 g/mol. The number of benzene rings is 2. The maximum atomic E-state index is 13.1. The fraction of sp³-hybridized carbons (Fsp3) is 0.435. The van der Waals surface area contributed by atoms with Crippen LogP contribution in [0.5, 0.6) is 5.75 Å². The summed E-state index contributed by atoms with van der Waals surface area (Å²) in [6.07, 6.45) is 1.09. The number of carbonyl (C=O) groups excluding carboxylic acids is 1. The minimum atomic E-state index is -3.74. The molecular formula is C23H32N2O4S. The highest BCUT2D eigenvalue weighted by Gasteiger charge is 2.32. The van der Waals surface area contributed by atoms with Crippen LogP contribution in [0.3, 0.4) is 0 Å². The Kier molecular flexibility index (Phi) is 7.18. The van der Waals surface area contributed by atoms with Crippen molar-refractivity contribution in [1.29, 1.82) is 0 Å². The van der Waals surface area contributed by atoms with Crippen molar-refractivity contribution in [2.75, 3.05) is 17.7 Å². The van der Waals surface area contributed by atoms with Crippen molar-refractivity contribution in [2.24, 2.45) is 0 Å². The molecule has 0 radical (unpaired) electrons. The van der Waals surface area contributed by atoms with Crippen LogP contribution in [-0.2, 0) is 14.8 Å². The van der Waals surface area contributed by atoms with Gasteiger partial charge in [-0.3, -0.25) is 9.10 Å². The van der Waals surface area contributed by atoms with E-state index in [0.29, 0.717) is 11.4 Å². The Morgan fingerprint density at radius 1 is 1.00 bits per heavy atom. The lowest BCUT2D eigenvalue weighted by Gasteiger charge is -2.30. The van der Waals surface area contributed by atoms with Gasteiger partial charge in [-0.15, -0.1) is 0 Å². The Morgan fingerprint density at radius 2 is 1.60 bits per heavy atom. The molecule has 6 nitrogen and oxygen atoms in total. The lowest BCUT2D eigenvalue weighted by Crippen LogP contribution is -2.48. The summed E-state index contributed by atoms with van der Waals surface area (Å²) in [7, 11) is -2.26. The standard InChI is InChI=1S/C23H32N2O4S/c1-14-9-10-22(29-7)21(11-14)25(30(8,27)28)19(6)23(26)24-18(5)20-13-16(3)15(2)12-17(20)4/h9-13,18-19H,1-8H3,(H,24,26)/t18-,19+/m1/s1. The number of sulfonamides is 1. The molecule has 0 bridgehead atoms. The Morgan fingerprint density at radius 3 is 2.17 bits per heavy atom. The summed E-state index contributed by atoms with van der Waals surface area (Å²) in [6, 6.07) is 8.19. The van der Waals surface area contributed by atoms with Crippen molar-refractivity contribution in [3.05, 3.63) is 58.1 Å². The second-order valence-corrected chi connectivity index (χ2v) is 9.79. The normalized spacial score (nSPS) is 13.5. The second-order valence-electron chi connectivity index (χ2n) is 7.93. The highest BCUT2D eigenvalue weighted by atomic mass is 32.2. The zero-order valence-corrected chi connectivity index (χ0v) is 19.8. The monoisotopic (exact) mass is 432 g/mol. The Bertz CT molecular complexity index is 1050. The summed E-state index contributed by atoms with van der Waals surface area (Å²) in [5, 5.41) is 2.97. The van der Waals surface area contributed by atoms with Gasteiger partial charge >= 0.3 is 0 Å². The summed E-state index contributed by atoms with van der Waals surface area (Å²) in [6.45, 7) is 11.4. The summed E-state index contributed by atoms with van der Waals surface area (Å²) in [5.74, 6) is 0.0119. The van der Waals surface area contributed by atoms with E-state index in [1.807, 2.05) is 33.8 Å². The summed E-state index contributed by atoms with van der Waals surface area (Å²) in [5.41, 5.74) is 5.64. The van der Waals surface area contributed by atoms with E-state index in [1.54, 1.807) is 19.1 Å². The average Bonchev–Trinajstić information content (AvgIpc) is 2.63. The van der Waals surface area contributed by atoms with Crippen LogP contribution < -0.4 is 14.4 Å². The Hall–Kier alpha value is -2.54. The number of hydrogen-bond acceptors (Lipinski definition) is 4. The van der Waals surface area contributed by atoms with Gasteiger partial charge in [0.1, 0.15) is 11.8 Å². The van der Waals surface area contributed by atoms with Gasteiger partial charge in [-0.25, -0.2) is 8.42 Å². The molecule has 0 aliphatic heterocycles. The molecule has 0 spiro atoms. The van der Waals surface area contributed by atoms with E-state index < -0.39 is 16.1 Å². The van der Waals surface area contributed by atoms with E-state index in [9.17, 15) is 13.2 Å². The molecule has 0 aromatic heterocycles. The van der Waals surface area contributed by atoms with Gasteiger partial charge in [-0.05, 0) is 81.5 Å². The van der Waals surface area contributed by atoms with Gasteiger partial charge in [0.15, 0.2) is 0 Å². The first kappa shape index (κ1) is 23.7. The molecule has 0 fully saturated rings. The van der Waals surface area contributed by atoms with Crippen molar-refractivity contribution in [2.45, 2.75) is 53.6 Å². The van der Waals surface area contributed by atoms with Gasteiger partial charge in [0, 0.05) is 0 Å². The minimum absolute atomic E-state index is 0.264. The van der Waals surface area contributed by atoms with Crippen molar-refractivity contribution in [1.82, 2.24) is 5.32 Å². The molecule has 0 heterocycles. The molecule has 0 saturated heterocycles. The van der Waals surface area contributed by atoms with Crippen molar-refractivity contribution < 1.29 is 17.9 Å². The molecule has 0 unspecified atom stereocenters. The lowest BCUT2D eigenvalue weighted by molar-refractivity contribution is -0.122. The van der Waals surface area contributed by atoms with Crippen LogP contribution in [0.2, 0.25) is 0 Å². The van der Waals surface area contributed by atoms with E-state index in [4.69, 9.17) is 4.74 Å². The highest BCUT2D eigenvalue weighted by Crippen LogP contribution is 2.33. The first-order valence-electron chi connectivity index (χ1n) is 9.89. The molecule has 30 heavy (non-hydrogen) atoms. The first-order valence-corrected chi connectivity index (χ1v) is 11.7. The number of hydrogen-bond donors (Lipinski definition) is 1. The Labute approximate surface area is 180 Å². The number of carbonyl (C=O) groups is 1. The van der Waals surface area contributed by atoms with Gasteiger partial charge < -0.3 is 10.1 Å². The van der Waals surface area contributed by atoms with Crippen molar-refractivity contribution >= 4 is 21.6 Å². The molecule has 0 saturated carbocycles. The Balaban J connectivity index is 2.38. The third-order valence-electron chi connectivity index (χ3n) is 5.37. The summed E-state index contributed by atoms with van der Waals surface area (Å²) < 4.78 is 31.8. The number of anilines is 1. The van der Waals surface area contributed by atoms with Gasteiger partial charge in [0.25, 0.3) is 0 Å².